The number of nitrogens with two attached hydrogens (primary N) is 2. The first-order valence-electron chi connectivity index (χ1n) is 5.03. The molecule has 1 aromatic heterocycles. The van der Waals surface area contributed by atoms with Gasteiger partial charge in [0, 0.05) is 6.07 Å². The maximum atomic E-state index is 12.9. The van der Waals surface area contributed by atoms with E-state index in [4.69, 9.17) is 11.5 Å². The third-order valence-corrected chi connectivity index (χ3v) is 2.16. The molecule has 0 spiro atoms. The Labute approximate surface area is 105 Å². The van der Waals surface area contributed by atoms with Gasteiger partial charge in [0.05, 0.1) is 23.6 Å². The standard InChI is InChI=1S/C9H11F2N5O3/c10-9(11,3-12)4-15-8-6(7(13)17)1-5(2-14-8)16(18)19/h1-2H,3-4,12H2,(H2,13,17)(H,14,15). The average Bonchev–Trinajstić information content (AvgIpc) is 2.36. The van der Waals surface area contributed by atoms with Gasteiger partial charge in [-0.2, -0.15) is 0 Å². The summed E-state index contributed by atoms with van der Waals surface area (Å²) in [6.07, 6.45) is 0.829. The molecule has 0 aliphatic heterocycles. The zero-order chi connectivity index (χ0) is 14.6. The van der Waals surface area contributed by atoms with Gasteiger partial charge in [-0.25, -0.2) is 13.8 Å². The third-order valence-electron chi connectivity index (χ3n) is 2.16. The Morgan fingerprint density at radius 3 is 2.68 bits per heavy atom. The number of amides is 1. The number of primary amides is 1. The molecule has 1 rings (SSSR count). The summed E-state index contributed by atoms with van der Waals surface area (Å²) in [5.74, 6) is -4.47. The van der Waals surface area contributed by atoms with Crippen LogP contribution in [0.5, 0.6) is 0 Å². The zero-order valence-corrected chi connectivity index (χ0v) is 9.60. The molecule has 5 N–H and O–H groups in total. The van der Waals surface area contributed by atoms with E-state index in [2.05, 4.69) is 10.3 Å². The van der Waals surface area contributed by atoms with Gasteiger partial charge in [-0.05, 0) is 0 Å². The highest BCUT2D eigenvalue weighted by atomic mass is 19.3. The number of carbonyl (C=O) groups excluding carboxylic acids is 1. The number of nitrogens with zero attached hydrogens (tertiary/aromatic N) is 2. The van der Waals surface area contributed by atoms with Gasteiger partial charge >= 0.3 is 0 Å². The zero-order valence-electron chi connectivity index (χ0n) is 9.60. The Balaban J connectivity index is 3.01. The number of carbonyl (C=O) groups is 1. The van der Waals surface area contributed by atoms with E-state index >= 15 is 0 Å². The first kappa shape index (κ1) is 14.7. The van der Waals surface area contributed by atoms with Gasteiger partial charge in [0.15, 0.2) is 0 Å². The van der Waals surface area contributed by atoms with E-state index in [1.807, 2.05) is 0 Å². The Hall–Kier alpha value is -2.36. The van der Waals surface area contributed by atoms with Gasteiger partial charge in [-0.1, -0.05) is 0 Å². The van der Waals surface area contributed by atoms with Crippen LogP contribution in [0.4, 0.5) is 20.3 Å². The summed E-state index contributed by atoms with van der Waals surface area (Å²) in [5.41, 5.74) is 9.03. The van der Waals surface area contributed by atoms with E-state index < -0.39 is 35.5 Å². The highest BCUT2D eigenvalue weighted by molar-refractivity contribution is 5.98. The van der Waals surface area contributed by atoms with Gasteiger partial charge in [-0.15, -0.1) is 0 Å². The molecule has 1 aromatic rings. The Kier molecular flexibility index (Phi) is 4.27. The maximum absolute atomic E-state index is 12.9. The summed E-state index contributed by atoms with van der Waals surface area (Å²) in [4.78, 5) is 24.4. The van der Waals surface area contributed by atoms with Crippen molar-refractivity contribution < 1.29 is 18.5 Å². The molecular weight excluding hydrogens is 264 g/mol. The normalized spacial score (nSPS) is 11.1. The van der Waals surface area contributed by atoms with Gasteiger partial charge < -0.3 is 16.8 Å². The van der Waals surface area contributed by atoms with Crippen LogP contribution in [-0.4, -0.2) is 34.8 Å². The highest BCUT2D eigenvalue weighted by Gasteiger charge is 2.27. The molecule has 0 saturated heterocycles. The van der Waals surface area contributed by atoms with Gasteiger partial charge in [0.1, 0.15) is 12.0 Å². The first-order chi connectivity index (χ1) is 8.76. The van der Waals surface area contributed by atoms with Crippen molar-refractivity contribution in [3.8, 4) is 0 Å². The van der Waals surface area contributed by atoms with Crippen molar-refractivity contribution >= 4 is 17.4 Å². The van der Waals surface area contributed by atoms with Crippen molar-refractivity contribution in [2.45, 2.75) is 5.92 Å². The van der Waals surface area contributed by atoms with Crippen LogP contribution in [0.25, 0.3) is 0 Å². The number of hydrogen-bond acceptors (Lipinski definition) is 6. The van der Waals surface area contributed by atoms with Crippen LogP contribution >= 0.6 is 0 Å². The van der Waals surface area contributed by atoms with Crippen LogP contribution in [0.2, 0.25) is 0 Å². The summed E-state index contributed by atoms with van der Waals surface area (Å²) >= 11 is 0. The van der Waals surface area contributed by atoms with E-state index in [1.54, 1.807) is 0 Å². The Bertz CT molecular complexity index is 509. The van der Waals surface area contributed by atoms with E-state index in [0.717, 1.165) is 12.3 Å². The summed E-state index contributed by atoms with van der Waals surface area (Å²) in [7, 11) is 0. The van der Waals surface area contributed by atoms with E-state index in [0.29, 0.717) is 0 Å². The molecular formula is C9H11F2N5O3. The minimum absolute atomic E-state index is 0.258. The van der Waals surface area contributed by atoms with Crippen LogP contribution in [0.15, 0.2) is 12.3 Å². The van der Waals surface area contributed by atoms with Crippen molar-refractivity contribution in [1.82, 2.24) is 4.98 Å². The number of nitrogens with one attached hydrogen (secondary N) is 1. The number of alkyl halides is 2. The Morgan fingerprint density at radius 1 is 1.58 bits per heavy atom. The summed E-state index contributed by atoms with van der Waals surface area (Å²) in [6.45, 7) is -1.76. The molecule has 10 heteroatoms. The van der Waals surface area contributed by atoms with Crippen LogP contribution < -0.4 is 16.8 Å². The second-order valence-corrected chi connectivity index (χ2v) is 3.62. The van der Waals surface area contributed by atoms with E-state index in [-0.39, 0.29) is 11.4 Å². The quantitative estimate of drug-likeness (QED) is 0.497. The van der Waals surface area contributed by atoms with Crippen LogP contribution in [0.3, 0.4) is 0 Å². The SMILES string of the molecule is NCC(F)(F)CNc1ncc([N+](=O)[O-])cc1C(N)=O. The van der Waals surface area contributed by atoms with Crippen molar-refractivity contribution in [3.63, 3.8) is 0 Å². The fourth-order valence-corrected chi connectivity index (χ4v) is 1.17. The smallest absolute Gasteiger partial charge is 0.288 e. The molecule has 0 aliphatic carbocycles. The molecule has 0 aromatic carbocycles. The predicted molar refractivity (Wildman–Crippen MR) is 61.9 cm³/mol. The first-order valence-corrected chi connectivity index (χ1v) is 5.03. The summed E-state index contributed by atoms with van der Waals surface area (Å²) in [6, 6.07) is 0.859. The molecule has 0 fully saturated rings. The number of nitro groups is 1. The molecule has 8 nitrogen and oxygen atoms in total. The minimum Gasteiger partial charge on any atom is -0.365 e. The van der Waals surface area contributed by atoms with Gasteiger partial charge in [0.25, 0.3) is 17.5 Å². The lowest BCUT2D eigenvalue weighted by atomic mass is 10.2. The number of halogens is 2. The monoisotopic (exact) mass is 275 g/mol. The number of aromatic nitrogens is 1. The molecule has 19 heavy (non-hydrogen) atoms. The molecule has 1 heterocycles. The van der Waals surface area contributed by atoms with Crippen LogP contribution in [-0.2, 0) is 0 Å². The molecule has 0 radical (unpaired) electrons. The molecule has 0 unspecified atom stereocenters. The molecule has 0 saturated carbocycles. The van der Waals surface area contributed by atoms with Crippen LogP contribution in [0.1, 0.15) is 10.4 Å². The second kappa shape index (κ2) is 5.52. The van der Waals surface area contributed by atoms with Gasteiger partial charge in [0.2, 0.25) is 0 Å². The van der Waals surface area contributed by atoms with E-state index in [9.17, 15) is 23.7 Å². The number of hydrogen-bond donors (Lipinski definition) is 3. The predicted octanol–water partition coefficient (Wildman–Crippen LogP) is 0.0946. The fourth-order valence-electron chi connectivity index (χ4n) is 1.17. The minimum atomic E-state index is -3.20. The summed E-state index contributed by atoms with van der Waals surface area (Å²) < 4.78 is 25.9. The van der Waals surface area contributed by atoms with Crippen molar-refractivity contribution in [2.24, 2.45) is 11.5 Å². The topological polar surface area (TPSA) is 137 Å². The largest absolute Gasteiger partial charge is 0.365 e. The average molecular weight is 275 g/mol. The fraction of sp³-hybridized carbons (Fsp3) is 0.333. The van der Waals surface area contributed by atoms with Crippen molar-refractivity contribution in [1.29, 1.82) is 0 Å². The van der Waals surface area contributed by atoms with Crippen LogP contribution in [0, 0.1) is 10.1 Å². The third kappa shape index (κ3) is 3.81. The van der Waals surface area contributed by atoms with Gasteiger partial charge in [-0.3, -0.25) is 14.9 Å². The van der Waals surface area contributed by atoms with Crippen molar-refractivity contribution in [2.75, 3.05) is 18.4 Å². The molecule has 0 aliphatic rings. The second-order valence-electron chi connectivity index (χ2n) is 3.62. The van der Waals surface area contributed by atoms with Crippen molar-refractivity contribution in [3.05, 3.63) is 27.9 Å². The maximum Gasteiger partial charge on any atom is 0.288 e. The molecule has 0 bridgehead atoms. The number of anilines is 1. The molecule has 0 atom stereocenters. The highest BCUT2D eigenvalue weighted by Crippen LogP contribution is 2.20. The summed E-state index contributed by atoms with van der Waals surface area (Å²) in [5, 5.41) is 12.7. The lowest BCUT2D eigenvalue weighted by Gasteiger charge is -2.15. The number of pyridine rings is 1. The lowest BCUT2D eigenvalue weighted by Crippen LogP contribution is -2.36. The molecule has 1 amide bonds. The van der Waals surface area contributed by atoms with E-state index in [1.165, 1.54) is 0 Å². The Morgan fingerprint density at radius 2 is 2.21 bits per heavy atom. The molecule has 104 valence electrons. The number of rotatable bonds is 6. The lowest BCUT2D eigenvalue weighted by molar-refractivity contribution is -0.385.